The normalized spacial score (nSPS) is 10.7. The summed E-state index contributed by atoms with van der Waals surface area (Å²) in [4.78, 5) is 11.3. The van der Waals surface area contributed by atoms with E-state index in [0.29, 0.717) is 23.5 Å². The molecule has 0 saturated carbocycles. The van der Waals surface area contributed by atoms with Crippen LogP contribution >= 0.6 is 0 Å². The second kappa shape index (κ2) is 7.41. The molecule has 114 valence electrons. The number of carbonyl (C=O) groups is 1. The molecule has 0 bridgehead atoms. The zero-order valence-corrected chi connectivity index (χ0v) is 12.5. The van der Waals surface area contributed by atoms with Crippen LogP contribution in [0.5, 0.6) is 5.75 Å². The topological polar surface area (TPSA) is 35.5 Å². The van der Waals surface area contributed by atoms with Gasteiger partial charge in [0.25, 0.3) is 0 Å². The van der Waals surface area contributed by atoms with Gasteiger partial charge in [-0.3, -0.25) is 0 Å². The number of halogens is 1. The fourth-order valence-corrected chi connectivity index (χ4v) is 2.03. The van der Waals surface area contributed by atoms with Crippen LogP contribution in [0.15, 0.2) is 48.5 Å². The molecule has 0 radical (unpaired) electrons. The first-order chi connectivity index (χ1) is 10.6. The molecule has 0 aliphatic heterocycles. The summed E-state index contributed by atoms with van der Waals surface area (Å²) in [5.41, 5.74) is 2.14. The summed E-state index contributed by atoms with van der Waals surface area (Å²) < 4.78 is 23.8. The fraction of sp³-hybridized carbons (Fsp3) is 0.167. The van der Waals surface area contributed by atoms with Crippen molar-refractivity contribution >= 4 is 12.0 Å². The predicted octanol–water partition coefficient (Wildman–Crippen LogP) is 4.08. The molecule has 0 aliphatic carbocycles. The van der Waals surface area contributed by atoms with Crippen molar-refractivity contribution < 1.29 is 18.7 Å². The number of benzene rings is 2. The van der Waals surface area contributed by atoms with Crippen molar-refractivity contribution in [1.82, 2.24) is 0 Å². The van der Waals surface area contributed by atoms with Crippen LogP contribution in [0.4, 0.5) is 4.39 Å². The van der Waals surface area contributed by atoms with Crippen molar-refractivity contribution in [3.05, 3.63) is 59.9 Å². The number of hydrogen-bond donors (Lipinski definition) is 0. The lowest BCUT2D eigenvalue weighted by Gasteiger charge is -2.06. The van der Waals surface area contributed by atoms with E-state index in [1.807, 2.05) is 24.3 Å². The largest absolute Gasteiger partial charge is 0.497 e. The number of rotatable bonds is 5. The van der Waals surface area contributed by atoms with Gasteiger partial charge in [0.2, 0.25) is 0 Å². The number of ether oxygens (including phenoxy) is 2. The van der Waals surface area contributed by atoms with Gasteiger partial charge in [-0.25, -0.2) is 9.18 Å². The van der Waals surface area contributed by atoms with Crippen LogP contribution in [-0.2, 0) is 9.53 Å². The van der Waals surface area contributed by atoms with Crippen LogP contribution in [0.3, 0.4) is 0 Å². The van der Waals surface area contributed by atoms with E-state index in [9.17, 15) is 9.18 Å². The van der Waals surface area contributed by atoms with Gasteiger partial charge in [-0.2, -0.15) is 0 Å². The lowest BCUT2D eigenvalue weighted by Crippen LogP contribution is -1.98. The molecule has 0 unspecified atom stereocenters. The molecule has 0 aromatic heterocycles. The highest BCUT2D eigenvalue weighted by atomic mass is 19.1. The van der Waals surface area contributed by atoms with E-state index in [1.54, 1.807) is 20.1 Å². The molecule has 0 N–H and O–H groups in total. The van der Waals surface area contributed by atoms with Gasteiger partial charge < -0.3 is 9.47 Å². The van der Waals surface area contributed by atoms with Crippen LogP contribution in [0.2, 0.25) is 0 Å². The monoisotopic (exact) mass is 300 g/mol. The van der Waals surface area contributed by atoms with Crippen LogP contribution in [0.25, 0.3) is 17.2 Å². The standard InChI is InChI=1S/C18H17FO3/c1-3-22-18(20)8-7-13-9-15(11-16(19)10-13)14-5-4-6-17(12-14)21-2/h4-12H,3H2,1-2H3/b8-7+. The summed E-state index contributed by atoms with van der Waals surface area (Å²) >= 11 is 0. The van der Waals surface area contributed by atoms with Crippen molar-refractivity contribution in [2.75, 3.05) is 13.7 Å². The lowest BCUT2D eigenvalue weighted by molar-refractivity contribution is -0.137. The Morgan fingerprint density at radius 2 is 2.00 bits per heavy atom. The first-order valence-electron chi connectivity index (χ1n) is 6.92. The Balaban J connectivity index is 2.32. The predicted molar refractivity (Wildman–Crippen MR) is 84.1 cm³/mol. The molecule has 0 atom stereocenters. The van der Waals surface area contributed by atoms with Gasteiger partial charge in [0.1, 0.15) is 11.6 Å². The highest BCUT2D eigenvalue weighted by molar-refractivity contribution is 5.87. The summed E-state index contributed by atoms with van der Waals surface area (Å²) in [6, 6.07) is 12.0. The third-order valence-corrected chi connectivity index (χ3v) is 3.02. The molecule has 22 heavy (non-hydrogen) atoms. The van der Waals surface area contributed by atoms with Crippen molar-refractivity contribution in [2.45, 2.75) is 6.92 Å². The minimum atomic E-state index is -0.449. The van der Waals surface area contributed by atoms with Crippen LogP contribution < -0.4 is 4.74 Å². The van der Waals surface area contributed by atoms with E-state index in [4.69, 9.17) is 9.47 Å². The Kier molecular flexibility index (Phi) is 5.31. The quantitative estimate of drug-likeness (QED) is 0.616. The number of methoxy groups -OCH3 is 1. The molecule has 2 aromatic rings. The van der Waals surface area contributed by atoms with Gasteiger partial charge in [0, 0.05) is 6.08 Å². The second-order valence-electron chi connectivity index (χ2n) is 4.59. The summed E-state index contributed by atoms with van der Waals surface area (Å²) in [6.45, 7) is 2.04. The number of carbonyl (C=O) groups excluding carboxylic acids is 1. The summed E-state index contributed by atoms with van der Waals surface area (Å²) in [5, 5.41) is 0. The molecule has 0 amide bonds. The Morgan fingerprint density at radius 1 is 1.18 bits per heavy atom. The highest BCUT2D eigenvalue weighted by Crippen LogP contribution is 2.26. The van der Waals surface area contributed by atoms with Gasteiger partial charge >= 0.3 is 5.97 Å². The van der Waals surface area contributed by atoms with Gasteiger partial charge in [-0.05, 0) is 60.0 Å². The lowest BCUT2D eigenvalue weighted by atomic mass is 10.0. The maximum Gasteiger partial charge on any atom is 0.330 e. The zero-order valence-electron chi connectivity index (χ0n) is 12.5. The second-order valence-corrected chi connectivity index (χ2v) is 4.59. The first-order valence-corrected chi connectivity index (χ1v) is 6.92. The molecular formula is C18H17FO3. The minimum absolute atomic E-state index is 0.307. The fourth-order valence-electron chi connectivity index (χ4n) is 2.03. The highest BCUT2D eigenvalue weighted by Gasteiger charge is 2.04. The average Bonchev–Trinajstić information content (AvgIpc) is 2.53. The zero-order chi connectivity index (χ0) is 15.9. The van der Waals surface area contributed by atoms with Gasteiger partial charge in [0.15, 0.2) is 0 Å². The smallest absolute Gasteiger partial charge is 0.330 e. The van der Waals surface area contributed by atoms with Crippen LogP contribution in [0.1, 0.15) is 12.5 Å². The molecule has 0 heterocycles. The molecule has 4 heteroatoms. The van der Waals surface area contributed by atoms with Crippen molar-refractivity contribution in [2.24, 2.45) is 0 Å². The van der Waals surface area contributed by atoms with Gasteiger partial charge in [-0.15, -0.1) is 0 Å². The van der Waals surface area contributed by atoms with E-state index in [0.717, 1.165) is 5.56 Å². The van der Waals surface area contributed by atoms with Crippen molar-refractivity contribution in [1.29, 1.82) is 0 Å². The first kappa shape index (κ1) is 15.8. The van der Waals surface area contributed by atoms with E-state index >= 15 is 0 Å². The van der Waals surface area contributed by atoms with Crippen molar-refractivity contribution in [3.8, 4) is 16.9 Å². The Bertz CT molecular complexity index is 692. The maximum atomic E-state index is 13.8. The molecule has 2 rings (SSSR count). The minimum Gasteiger partial charge on any atom is -0.497 e. The molecular weight excluding hydrogens is 283 g/mol. The molecule has 2 aromatic carbocycles. The molecule has 3 nitrogen and oxygen atoms in total. The Hall–Kier alpha value is -2.62. The summed E-state index contributed by atoms with van der Waals surface area (Å²) in [7, 11) is 1.58. The number of esters is 1. The van der Waals surface area contributed by atoms with Gasteiger partial charge in [0.05, 0.1) is 13.7 Å². The number of hydrogen-bond acceptors (Lipinski definition) is 3. The molecule has 0 spiro atoms. The van der Waals surface area contributed by atoms with Crippen molar-refractivity contribution in [3.63, 3.8) is 0 Å². The van der Waals surface area contributed by atoms with Crippen LogP contribution in [0, 0.1) is 5.82 Å². The third kappa shape index (κ3) is 4.19. The van der Waals surface area contributed by atoms with E-state index in [2.05, 4.69) is 0 Å². The molecule has 0 aliphatic rings. The summed E-state index contributed by atoms with van der Waals surface area (Å²) in [6.07, 6.45) is 2.82. The Labute approximate surface area is 129 Å². The SMILES string of the molecule is CCOC(=O)/C=C/c1cc(F)cc(-c2cccc(OC)c2)c1. The van der Waals surface area contributed by atoms with E-state index in [-0.39, 0.29) is 5.82 Å². The Morgan fingerprint density at radius 3 is 2.73 bits per heavy atom. The third-order valence-electron chi connectivity index (χ3n) is 3.02. The van der Waals surface area contributed by atoms with E-state index < -0.39 is 5.97 Å². The molecule has 0 saturated heterocycles. The van der Waals surface area contributed by atoms with E-state index in [1.165, 1.54) is 24.3 Å². The molecule has 0 fully saturated rings. The maximum absolute atomic E-state index is 13.8. The average molecular weight is 300 g/mol. The van der Waals surface area contributed by atoms with Gasteiger partial charge in [-0.1, -0.05) is 12.1 Å². The summed E-state index contributed by atoms with van der Waals surface area (Å²) in [5.74, 6) is -0.121. The van der Waals surface area contributed by atoms with Crippen LogP contribution in [-0.4, -0.2) is 19.7 Å².